The Morgan fingerprint density at radius 2 is 2.28 bits per heavy atom. The zero-order chi connectivity index (χ0) is 12.4. The van der Waals surface area contributed by atoms with E-state index in [-0.39, 0.29) is 0 Å². The summed E-state index contributed by atoms with van der Waals surface area (Å²) < 4.78 is 5.59. The van der Waals surface area contributed by atoms with Gasteiger partial charge in [0.05, 0.1) is 6.61 Å². The summed E-state index contributed by atoms with van der Waals surface area (Å²) in [5.41, 5.74) is 0. The minimum Gasteiger partial charge on any atom is -0.381 e. The molecule has 1 aliphatic carbocycles. The molecule has 3 fully saturated rings. The number of hydrogen-bond donors (Lipinski definition) is 1. The number of nitrogens with one attached hydrogen (secondary N) is 1. The number of ether oxygens (including phenoxy) is 1. The molecule has 0 aromatic heterocycles. The first kappa shape index (κ1) is 12.9. The van der Waals surface area contributed by atoms with Gasteiger partial charge in [-0.05, 0) is 44.6 Å². The van der Waals surface area contributed by atoms with Crippen molar-refractivity contribution >= 4 is 0 Å². The van der Waals surface area contributed by atoms with E-state index in [0.29, 0.717) is 6.04 Å². The molecule has 3 nitrogen and oxygen atoms in total. The van der Waals surface area contributed by atoms with Gasteiger partial charge >= 0.3 is 0 Å². The van der Waals surface area contributed by atoms with Crippen molar-refractivity contribution in [3.8, 4) is 0 Å². The number of piperidine rings is 1. The Morgan fingerprint density at radius 1 is 1.33 bits per heavy atom. The van der Waals surface area contributed by atoms with Gasteiger partial charge in [0.15, 0.2) is 0 Å². The van der Waals surface area contributed by atoms with E-state index in [1.54, 1.807) is 0 Å². The van der Waals surface area contributed by atoms with Gasteiger partial charge in [0.25, 0.3) is 0 Å². The first-order valence-corrected chi connectivity index (χ1v) is 7.92. The molecule has 18 heavy (non-hydrogen) atoms. The second-order valence-corrected chi connectivity index (χ2v) is 6.47. The fraction of sp³-hybridized carbons (Fsp3) is 1.00. The molecule has 3 aliphatic rings. The first-order valence-electron chi connectivity index (χ1n) is 7.92. The molecule has 2 heterocycles. The standard InChI is InChI=1S/C15H28N2O/c1-2-6-16-15(13-5-7-18-11-13)10-17-9-12-3-4-14(17)8-12/h12-16H,2-11H2,1H3. The van der Waals surface area contributed by atoms with E-state index in [1.807, 2.05) is 0 Å². The number of hydrogen-bond acceptors (Lipinski definition) is 3. The maximum Gasteiger partial charge on any atom is 0.0510 e. The van der Waals surface area contributed by atoms with Crippen LogP contribution in [0.2, 0.25) is 0 Å². The van der Waals surface area contributed by atoms with Crippen LogP contribution >= 0.6 is 0 Å². The van der Waals surface area contributed by atoms with Gasteiger partial charge < -0.3 is 10.1 Å². The third kappa shape index (κ3) is 2.73. The van der Waals surface area contributed by atoms with E-state index in [2.05, 4.69) is 17.1 Å². The number of likely N-dealkylation sites (tertiary alicyclic amines) is 1. The van der Waals surface area contributed by atoms with Gasteiger partial charge in [-0.2, -0.15) is 0 Å². The molecule has 104 valence electrons. The summed E-state index contributed by atoms with van der Waals surface area (Å²) in [6.45, 7) is 7.98. The molecule has 2 saturated heterocycles. The summed E-state index contributed by atoms with van der Waals surface area (Å²) in [5.74, 6) is 1.76. The lowest BCUT2D eigenvalue weighted by atomic mass is 9.97. The fourth-order valence-corrected chi connectivity index (χ4v) is 4.08. The normalized spacial score (nSPS) is 37.5. The Morgan fingerprint density at radius 3 is 2.89 bits per heavy atom. The Labute approximate surface area is 111 Å². The maximum atomic E-state index is 5.59. The topological polar surface area (TPSA) is 24.5 Å². The maximum absolute atomic E-state index is 5.59. The molecular formula is C15H28N2O. The van der Waals surface area contributed by atoms with Crippen LogP contribution in [0.3, 0.4) is 0 Å². The van der Waals surface area contributed by atoms with E-state index in [9.17, 15) is 0 Å². The molecule has 0 aromatic rings. The molecule has 0 amide bonds. The van der Waals surface area contributed by atoms with Crippen LogP contribution in [0.5, 0.6) is 0 Å². The first-order chi connectivity index (χ1) is 8.86. The molecular weight excluding hydrogens is 224 g/mol. The van der Waals surface area contributed by atoms with Crippen LogP contribution in [0.4, 0.5) is 0 Å². The van der Waals surface area contributed by atoms with Crippen LogP contribution in [0, 0.1) is 11.8 Å². The van der Waals surface area contributed by atoms with Gasteiger partial charge in [-0.15, -0.1) is 0 Å². The van der Waals surface area contributed by atoms with E-state index < -0.39 is 0 Å². The van der Waals surface area contributed by atoms with Gasteiger partial charge in [-0.25, -0.2) is 0 Å². The van der Waals surface area contributed by atoms with Gasteiger partial charge in [-0.3, -0.25) is 4.90 Å². The van der Waals surface area contributed by atoms with Crippen LogP contribution in [0.25, 0.3) is 0 Å². The van der Waals surface area contributed by atoms with E-state index in [1.165, 1.54) is 45.2 Å². The van der Waals surface area contributed by atoms with Crippen LogP contribution in [-0.2, 0) is 4.74 Å². The van der Waals surface area contributed by atoms with Crippen molar-refractivity contribution in [2.45, 2.75) is 51.1 Å². The summed E-state index contributed by atoms with van der Waals surface area (Å²) in [7, 11) is 0. The molecule has 0 aromatic carbocycles. The molecule has 3 rings (SSSR count). The monoisotopic (exact) mass is 252 g/mol. The van der Waals surface area contributed by atoms with E-state index in [0.717, 1.165) is 37.6 Å². The second-order valence-electron chi connectivity index (χ2n) is 6.47. The van der Waals surface area contributed by atoms with Crippen molar-refractivity contribution in [1.29, 1.82) is 0 Å². The molecule has 4 unspecified atom stereocenters. The van der Waals surface area contributed by atoms with Crippen LogP contribution in [0.15, 0.2) is 0 Å². The molecule has 2 bridgehead atoms. The van der Waals surface area contributed by atoms with Crippen molar-refractivity contribution in [1.82, 2.24) is 10.2 Å². The SMILES string of the molecule is CCCNC(CN1CC2CCC1C2)C1CCOC1. The molecule has 4 atom stereocenters. The molecule has 3 heteroatoms. The highest BCUT2D eigenvalue weighted by molar-refractivity contribution is 4.94. The third-order valence-corrected chi connectivity index (χ3v) is 5.14. The lowest BCUT2D eigenvalue weighted by Gasteiger charge is -2.33. The van der Waals surface area contributed by atoms with Gasteiger partial charge in [0.2, 0.25) is 0 Å². The van der Waals surface area contributed by atoms with Crippen molar-refractivity contribution < 1.29 is 4.74 Å². The summed E-state index contributed by atoms with van der Waals surface area (Å²) in [5, 5.41) is 3.78. The molecule has 0 radical (unpaired) electrons. The van der Waals surface area contributed by atoms with Gasteiger partial charge in [0, 0.05) is 37.7 Å². The molecule has 1 saturated carbocycles. The largest absolute Gasteiger partial charge is 0.381 e. The average molecular weight is 252 g/mol. The lowest BCUT2D eigenvalue weighted by molar-refractivity contribution is 0.146. The Bertz CT molecular complexity index is 265. The highest BCUT2D eigenvalue weighted by atomic mass is 16.5. The average Bonchev–Trinajstić information content (AvgIpc) is 3.09. The van der Waals surface area contributed by atoms with Crippen LogP contribution in [0.1, 0.15) is 39.0 Å². The van der Waals surface area contributed by atoms with E-state index in [4.69, 9.17) is 4.74 Å². The third-order valence-electron chi connectivity index (χ3n) is 5.14. The smallest absolute Gasteiger partial charge is 0.0510 e. The fourth-order valence-electron chi connectivity index (χ4n) is 4.08. The number of nitrogens with zero attached hydrogens (tertiary/aromatic N) is 1. The van der Waals surface area contributed by atoms with Gasteiger partial charge in [0.1, 0.15) is 0 Å². The highest BCUT2D eigenvalue weighted by Gasteiger charge is 2.39. The van der Waals surface area contributed by atoms with Crippen LogP contribution < -0.4 is 5.32 Å². The van der Waals surface area contributed by atoms with Crippen molar-refractivity contribution in [2.75, 3.05) is 32.8 Å². The summed E-state index contributed by atoms with van der Waals surface area (Å²) in [4.78, 5) is 2.76. The van der Waals surface area contributed by atoms with Crippen molar-refractivity contribution in [3.63, 3.8) is 0 Å². The highest BCUT2D eigenvalue weighted by Crippen LogP contribution is 2.37. The summed E-state index contributed by atoms with van der Waals surface area (Å²) in [6.07, 6.45) is 6.90. The summed E-state index contributed by atoms with van der Waals surface area (Å²) >= 11 is 0. The minimum atomic E-state index is 0.659. The van der Waals surface area contributed by atoms with Crippen molar-refractivity contribution in [2.24, 2.45) is 11.8 Å². The Balaban J connectivity index is 1.54. The second kappa shape index (κ2) is 5.89. The predicted octanol–water partition coefficient (Wildman–Crippen LogP) is 1.88. The minimum absolute atomic E-state index is 0.659. The summed E-state index contributed by atoms with van der Waals surface area (Å²) in [6, 6.07) is 1.56. The van der Waals surface area contributed by atoms with Gasteiger partial charge in [-0.1, -0.05) is 6.92 Å². The van der Waals surface area contributed by atoms with E-state index >= 15 is 0 Å². The predicted molar refractivity (Wildman–Crippen MR) is 73.7 cm³/mol. The zero-order valence-electron chi connectivity index (χ0n) is 11.7. The lowest BCUT2D eigenvalue weighted by Crippen LogP contribution is -2.48. The number of fused-ring (bicyclic) bond motifs is 2. The Kier molecular flexibility index (Phi) is 4.22. The Hall–Kier alpha value is -0.120. The number of rotatable bonds is 6. The van der Waals surface area contributed by atoms with Crippen LogP contribution in [-0.4, -0.2) is 49.8 Å². The zero-order valence-corrected chi connectivity index (χ0v) is 11.7. The molecule has 2 aliphatic heterocycles. The molecule has 0 spiro atoms. The molecule has 1 N–H and O–H groups in total. The quantitative estimate of drug-likeness (QED) is 0.781. The van der Waals surface area contributed by atoms with Crippen molar-refractivity contribution in [3.05, 3.63) is 0 Å².